The minimum absolute atomic E-state index is 0.0331. The summed E-state index contributed by atoms with van der Waals surface area (Å²) >= 11 is 0. The Bertz CT molecular complexity index is 257. The molecule has 0 aliphatic heterocycles. The van der Waals surface area contributed by atoms with E-state index in [9.17, 15) is 5.11 Å². The van der Waals surface area contributed by atoms with Gasteiger partial charge in [-0.2, -0.15) is 0 Å². The predicted molar refractivity (Wildman–Crippen MR) is 77.1 cm³/mol. The normalized spacial score (nSPS) is 8.53. The molecule has 1 aromatic carbocycles. The molecule has 0 saturated carbocycles. The Labute approximate surface area is 106 Å². The van der Waals surface area contributed by atoms with Gasteiger partial charge >= 0.3 is 0 Å². The molecule has 0 saturated heterocycles. The van der Waals surface area contributed by atoms with Crippen LogP contribution < -0.4 is 17.2 Å². The first-order valence-electron chi connectivity index (χ1n) is 5.53. The third-order valence-electron chi connectivity index (χ3n) is 1.71. The summed E-state index contributed by atoms with van der Waals surface area (Å²) in [5.41, 5.74) is 14.5. The van der Waals surface area contributed by atoms with E-state index in [1.165, 1.54) is 21.1 Å². The molecule has 4 nitrogen and oxygen atoms in total. The number of rotatable bonds is 0. The van der Waals surface area contributed by atoms with E-state index in [1.54, 1.807) is 6.07 Å². The topological polar surface area (TPSA) is 98.3 Å². The first kappa shape index (κ1) is 21.2. The molecule has 0 aliphatic carbocycles. The lowest BCUT2D eigenvalue weighted by Gasteiger charge is -2.19. The summed E-state index contributed by atoms with van der Waals surface area (Å²) in [4.78, 5) is 0. The second-order valence-corrected chi connectivity index (χ2v) is 3.77. The zero-order valence-corrected chi connectivity index (χ0v) is 12.0. The van der Waals surface area contributed by atoms with Crippen LogP contribution in [0.15, 0.2) is 24.3 Å². The summed E-state index contributed by atoms with van der Waals surface area (Å²) in [5, 5.41) is 9.45. The maximum Gasteiger partial charge on any atom is 0.119 e. The summed E-state index contributed by atoms with van der Waals surface area (Å²) in [5.74, 6) is 0.389. The van der Waals surface area contributed by atoms with Gasteiger partial charge in [-0.1, -0.05) is 39.0 Å². The van der Waals surface area contributed by atoms with Crippen molar-refractivity contribution in [3.05, 3.63) is 29.8 Å². The van der Waals surface area contributed by atoms with Gasteiger partial charge in [-0.15, -0.1) is 0 Å². The maximum absolute atomic E-state index is 9.45. The first-order valence-corrected chi connectivity index (χ1v) is 5.53. The molecule has 0 fully saturated rings. The van der Waals surface area contributed by atoms with Crippen LogP contribution in [-0.2, 0) is 5.41 Å². The van der Waals surface area contributed by atoms with Gasteiger partial charge in [0, 0.05) is 0 Å². The minimum Gasteiger partial charge on any atom is -0.508 e. The van der Waals surface area contributed by atoms with Crippen molar-refractivity contribution in [3.63, 3.8) is 0 Å². The molecule has 0 aromatic heterocycles. The molecule has 0 aliphatic rings. The Hall–Kier alpha value is -1.10. The van der Waals surface area contributed by atoms with E-state index in [1.807, 2.05) is 18.2 Å². The van der Waals surface area contributed by atoms with Crippen LogP contribution in [0.5, 0.6) is 5.75 Å². The van der Waals surface area contributed by atoms with Crippen LogP contribution in [0, 0.1) is 0 Å². The van der Waals surface area contributed by atoms with Crippen molar-refractivity contribution in [2.75, 3.05) is 21.1 Å². The standard InChI is InChI=1S/C10H14O.3CH5N/c1-10(2,3)8-6-4-5-7-9(8)11;3*1-2/h4-7,11H,1-3H3;3*2H2,1H3. The molecule has 0 unspecified atom stereocenters. The van der Waals surface area contributed by atoms with Gasteiger partial charge in [-0.25, -0.2) is 0 Å². The highest BCUT2D eigenvalue weighted by Crippen LogP contribution is 2.29. The van der Waals surface area contributed by atoms with Crippen LogP contribution >= 0.6 is 0 Å². The van der Waals surface area contributed by atoms with Gasteiger partial charge in [0.2, 0.25) is 0 Å². The Morgan fingerprint density at radius 3 is 1.41 bits per heavy atom. The van der Waals surface area contributed by atoms with E-state index >= 15 is 0 Å². The van der Waals surface area contributed by atoms with Crippen molar-refractivity contribution in [1.82, 2.24) is 0 Å². The summed E-state index contributed by atoms with van der Waals surface area (Å²) in [6.07, 6.45) is 0. The van der Waals surface area contributed by atoms with E-state index in [-0.39, 0.29) is 5.41 Å². The zero-order valence-electron chi connectivity index (χ0n) is 12.0. The molecule has 0 heterocycles. The molecule has 0 radical (unpaired) electrons. The third kappa shape index (κ3) is 9.81. The van der Waals surface area contributed by atoms with Gasteiger partial charge in [0.15, 0.2) is 0 Å². The van der Waals surface area contributed by atoms with Crippen LogP contribution in [0.25, 0.3) is 0 Å². The Balaban J connectivity index is -0.000000285. The summed E-state index contributed by atoms with van der Waals surface area (Å²) in [6.45, 7) is 6.26. The average molecular weight is 243 g/mol. The molecule has 0 bridgehead atoms. The van der Waals surface area contributed by atoms with E-state index in [0.717, 1.165) is 5.56 Å². The highest BCUT2D eigenvalue weighted by atomic mass is 16.3. The SMILES string of the molecule is CC(C)(C)c1ccccc1O.CN.CN.CN. The lowest BCUT2D eigenvalue weighted by Crippen LogP contribution is -2.10. The van der Waals surface area contributed by atoms with E-state index in [4.69, 9.17) is 0 Å². The fraction of sp³-hybridized carbons (Fsp3) is 0.538. The number of para-hydroxylation sites is 1. The molecule has 102 valence electrons. The van der Waals surface area contributed by atoms with Crippen LogP contribution in [0.4, 0.5) is 0 Å². The lowest BCUT2D eigenvalue weighted by atomic mass is 9.86. The molecular weight excluding hydrogens is 214 g/mol. The molecule has 0 amide bonds. The molecule has 1 rings (SSSR count). The quantitative estimate of drug-likeness (QED) is 0.554. The smallest absolute Gasteiger partial charge is 0.119 e. The lowest BCUT2D eigenvalue weighted by molar-refractivity contribution is 0.447. The third-order valence-corrected chi connectivity index (χ3v) is 1.71. The average Bonchev–Trinajstić information content (AvgIpc) is 2.36. The van der Waals surface area contributed by atoms with Gasteiger partial charge in [0.05, 0.1) is 0 Å². The van der Waals surface area contributed by atoms with E-state index in [0.29, 0.717) is 5.75 Å². The molecular formula is C13H29N3O. The molecule has 17 heavy (non-hydrogen) atoms. The Morgan fingerprint density at radius 2 is 1.18 bits per heavy atom. The number of nitrogens with two attached hydrogens (primary N) is 3. The summed E-state index contributed by atoms with van der Waals surface area (Å²) < 4.78 is 0. The molecule has 7 N–H and O–H groups in total. The molecule has 4 heteroatoms. The largest absolute Gasteiger partial charge is 0.508 e. The highest BCUT2D eigenvalue weighted by molar-refractivity contribution is 5.36. The predicted octanol–water partition coefficient (Wildman–Crippen LogP) is 1.41. The van der Waals surface area contributed by atoms with Gasteiger partial charge in [0.1, 0.15) is 5.75 Å². The van der Waals surface area contributed by atoms with Crippen LogP contribution in [0.1, 0.15) is 26.3 Å². The van der Waals surface area contributed by atoms with Gasteiger partial charge in [-0.05, 0) is 38.2 Å². The second-order valence-electron chi connectivity index (χ2n) is 3.77. The second kappa shape index (κ2) is 13.0. The Kier molecular flexibility index (Phi) is 16.2. The zero-order chi connectivity index (χ0) is 14.5. The number of aromatic hydroxyl groups is 1. The van der Waals surface area contributed by atoms with Gasteiger partial charge in [0.25, 0.3) is 0 Å². The van der Waals surface area contributed by atoms with Gasteiger partial charge in [-0.3, -0.25) is 0 Å². The molecule has 0 atom stereocenters. The fourth-order valence-corrected chi connectivity index (χ4v) is 1.11. The van der Waals surface area contributed by atoms with Crippen molar-refractivity contribution >= 4 is 0 Å². The van der Waals surface area contributed by atoms with E-state index in [2.05, 4.69) is 38.0 Å². The molecule has 0 spiro atoms. The van der Waals surface area contributed by atoms with E-state index < -0.39 is 0 Å². The van der Waals surface area contributed by atoms with Crippen molar-refractivity contribution in [3.8, 4) is 5.75 Å². The summed E-state index contributed by atoms with van der Waals surface area (Å²) in [7, 11) is 4.50. The summed E-state index contributed by atoms with van der Waals surface area (Å²) in [6, 6.07) is 7.46. The van der Waals surface area contributed by atoms with Crippen LogP contribution in [-0.4, -0.2) is 26.2 Å². The molecule has 1 aromatic rings. The van der Waals surface area contributed by atoms with Crippen LogP contribution in [0.3, 0.4) is 0 Å². The highest BCUT2D eigenvalue weighted by Gasteiger charge is 2.16. The van der Waals surface area contributed by atoms with Crippen molar-refractivity contribution in [2.45, 2.75) is 26.2 Å². The van der Waals surface area contributed by atoms with Crippen molar-refractivity contribution in [1.29, 1.82) is 0 Å². The fourth-order valence-electron chi connectivity index (χ4n) is 1.11. The maximum atomic E-state index is 9.45. The van der Waals surface area contributed by atoms with Crippen molar-refractivity contribution < 1.29 is 5.11 Å². The number of phenols is 1. The minimum atomic E-state index is 0.0331. The van der Waals surface area contributed by atoms with Gasteiger partial charge < -0.3 is 22.3 Å². The monoisotopic (exact) mass is 243 g/mol. The van der Waals surface area contributed by atoms with Crippen LogP contribution in [0.2, 0.25) is 0 Å². The first-order chi connectivity index (χ1) is 8.02. The number of phenolic OH excluding ortho intramolecular Hbond substituents is 1. The number of benzene rings is 1. The Morgan fingerprint density at radius 1 is 0.824 bits per heavy atom. The number of hydrogen-bond donors (Lipinski definition) is 4. The van der Waals surface area contributed by atoms with Crippen molar-refractivity contribution in [2.24, 2.45) is 17.2 Å². The number of hydrogen-bond acceptors (Lipinski definition) is 4.